The Labute approximate surface area is 211 Å². The van der Waals surface area contributed by atoms with Gasteiger partial charge >= 0.3 is 11.9 Å². The molecule has 3 aromatic carbocycles. The molecule has 0 unspecified atom stereocenters. The number of carbonyl (C=O) groups excluding carboxylic acids is 3. The van der Waals surface area contributed by atoms with E-state index in [0.717, 1.165) is 5.56 Å². The molecule has 0 aliphatic carbocycles. The van der Waals surface area contributed by atoms with E-state index in [0.29, 0.717) is 24.1 Å². The van der Waals surface area contributed by atoms with Crippen LogP contribution in [0.5, 0.6) is 0 Å². The third kappa shape index (κ3) is 6.37. The molecule has 1 saturated heterocycles. The summed E-state index contributed by atoms with van der Waals surface area (Å²) in [5, 5.41) is 2.68. The van der Waals surface area contributed by atoms with Crippen molar-refractivity contribution in [2.75, 3.05) is 13.7 Å². The highest BCUT2D eigenvalue weighted by molar-refractivity contribution is 5.90. The van der Waals surface area contributed by atoms with E-state index in [1.165, 1.54) is 0 Å². The van der Waals surface area contributed by atoms with E-state index in [1.54, 1.807) is 55.6 Å². The van der Waals surface area contributed by atoms with Crippen molar-refractivity contribution in [1.82, 2.24) is 10.2 Å². The fourth-order valence-corrected chi connectivity index (χ4v) is 4.53. The van der Waals surface area contributed by atoms with Crippen LogP contribution in [0.1, 0.15) is 39.1 Å². The average molecular weight is 487 g/mol. The first-order valence-corrected chi connectivity index (χ1v) is 12.0. The fraction of sp³-hybridized carbons (Fsp3) is 0.276. The Morgan fingerprint density at radius 3 is 1.97 bits per heavy atom. The van der Waals surface area contributed by atoms with Gasteiger partial charge in [0.1, 0.15) is 12.7 Å². The summed E-state index contributed by atoms with van der Waals surface area (Å²) < 4.78 is 11.6. The number of rotatable bonds is 9. The molecule has 1 N–H and O–H groups in total. The van der Waals surface area contributed by atoms with E-state index in [1.807, 2.05) is 42.5 Å². The second-order valence-electron chi connectivity index (χ2n) is 8.77. The van der Waals surface area contributed by atoms with Crippen LogP contribution in [-0.4, -0.2) is 54.6 Å². The standard InChI is InChI=1S/C29H30N2O5/c1-30-27(32)18-25-26(36-29(34)23-15-9-4-10-16-23)17-24(31(25)19-21-11-5-2-6-12-21)20-35-28(33)22-13-7-3-8-14-22/h2-16,24-26H,17-20H2,1H3,(H,30,32)/t24-,25+,26-/m0/s1. The summed E-state index contributed by atoms with van der Waals surface area (Å²) in [5.74, 6) is -1.01. The van der Waals surface area contributed by atoms with Crippen molar-refractivity contribution in [1.29, 1.82) is 0 Å². The molecule has 4 rings (SSSR count). The van der Waals surface area contributed by atoms with Gasteiger partial charge in [-0.1, -0.05) is 66.7 Å². The van der Waals surface area contributed by atoms with Crippen molar-refractivity contribution >= 4 is 17.8 Å². The van der Waals surface area contributed by atoms with Gasteiger partial charge in [0, 0.05) is 32.5 Å². The van der Waals surface area contributed by atoms with E-state index in [9.17, 15) is 14.4 Å². The Hall–Kier alpha value is -3.97. The van der Waals surface area contributed by atoms with Crippen LogP contribution in [0.25, 0.3) is 0 Å². The number of esters is 2. The first-order chi connectivity index (χ1) is 17.5. The Morgan fingerprint density at radius 2 is 1.39 bits per heavy atom. The van der Waals surface area contributed by atoms with Crippen molar-refractivity contribution in [3.05, 3.63) is 108 Å². The first-order valence-electron chi connectivity index (χ1n) is 12.0. The molecule has 0 spiro atoms. The van der Waals surface area contributed by atoms with Crippen LogP contribution < -0.4 is 5.32 Å². The average Bonchev–Trinajstić information content (AvgIpc) is 3.23. The van der Waals surface area contributed by atoms with E-state index in [-0.39, 0.29) is 31.0 Å². The molecule has 3 aromatic rings. The van der Waals surface area contributed by atoms with Gasteiger partial charge in [-0.05, 0) is 29.8 Å². The quantitative estimate of drug-likeness (QED) is 0.463. The van der Waals surface area contributed by atoms with Gasteiger partial charge in [-0.25, -0.2) is 9.59 Å². The van der Waals surface area contributed by atoms with Crippen LogP contribution in [-0.2, 0) is 20.8 Å². The number of nitrogens with zero attached hydrogens (tertiary/aromatic N) is 1. The summed E-state index contributed by atoms with van der Waals surface area (Å²) in [6.07, 6.45) is 0.0491. The number of ether oxygens (including phenoxy) is 2. The van der Waals surface area contributed by atoms with Gasteiger partial charge in [0.25, 0.3) is 0 Å². The fourth-order valence-electron chi connectivity index (χ4n) is 4.53. The highest BCUT2D eigenvalue weighted by Gasteiger charge is 2.44. The molecule has 0 radical (unpaired) electrons. The van der Waals surface area contributed by atoms with Gasteiger partial charge in [0.05, 0.1) is 17.2 Å². The Bertz CT molecular complexity index is 1150. The molecule has 7 nitrogen and oxygen atoms in total. The lowest BCUT2D eigenvalue weighted by molar-refractivity contribution is -0.122. The SMILES string of the molecule is CNC(=O)C[C@@H]1[C@@H](OC(=O)c2ccccc2)C[C@@H](COC(=O)c2ccccc2)N1Cc1ccccc1. The number of hydrogen-bond acceptors (Lipinski definition) is 6. The molecule has 186 valence electrons. The van der Waals surface area contributed by atoms with Crippen LogP contribution in [0.15, 0.2) is 91.0 Å². The van der Waals surface area contributed by atoms with Gasteiger partial charge in [-0.3, -0.25) is 9.69 Å². The minimum absolute atomic E-state index is 0.115. The minimum Gasteiger partial charge on any atom is -0.460 e. The van der Waals surface area contributed by atoms with Crippen LogP contribution in [0.4, 0.5) is 0 Å². The third-order valence-electron chi connectivity index (χ3n) is 6.39. The number of amides is 1. The number of carbonyl (C=O) groups is 3. The van der Waals surface area contributed by atoms with Gasteiger partial charge in [-0.15, -0.1) is 0 Å². The van der Waals surface area contributed by atoms with E-state index >= 15 is 0 Å². The van der Waals surface area contributed by atoms with E-state index in [2.05, 4.69) is 10.2 Å². The van der Waals surface area contributed by atoms with E-state index < -0.39 is 18.0 Å². The van der Waals surface area contributed by atoms with Gasteiger partial charge < -0.3 is 14.8 Å². The van der Waals surface area contributed by atoms with Gasteiger partial charge in [-0.2, -0.15) is 0 Å². The summed E-state index contributed by atoms with van der Waals surface area (Å²) >= 11 is 0. The maximum Gasteiger partial charge on any atom is 0.338 e. The normalized spacial score (nSPS) is 19.4. The molecule has 1 aliphatic heterocycles. The molecule has 7 heteroatoms. The summed E-state index contributed by atoms with van der Waals surface area (Å²) in [4.78, 5) is 40.1. The second kappa shape index (κ2) is 12.1. The highest BCUT2D eigenvalue weighted by atomic mass is 16.5. The zero-order valence-electron chi connectivity index (χ0n) is 20.2. The monoisotopic (exact) mass is 486 g/mol. The zero-order valence-corrected chi connectivity index (χ0v) is 20.2. The Kier molecular flexibility index (Phi) is 8.47. The minimum atomic E-state index is -0.542. The molecule has 1 heterocycles. The number of nitrogens with one attached hydrogen (secondary N) is 1. The van der Waals surface area contributed by atoms with Gasteiger partial charge in [0.2, 0.25) is 5.91 Å². The molecule has 0 aromatic heterocycles. The molecule has 1 fully saturated rings. The lowest BCUT2D eigenvalue weighted by Gasteiger charge is -2.30. The molecular weight excluding hydrogens is 456 g/mol. The van der Waals surface area contributed by atoms with Crippen molar-refractivity contribution in [2.45, 2.75) is 37.6 Å². The number of likely N-dealkylation sites (tertiary alicyclic amines) is 1. The predicted molar refractivity (Wildman–Crippen MR) is 135 cm³/mol. The summed E-state index contributed by atoms with van der Waals surface area (Å²) in [6, 6.07) is 26.9. The van der Waals surface area contributed by atoms with Crippen molar-refractivity contribution in [3.63, 3.8) is 0 Å². The maximum atomic E-state index is 12.9. The summed E-state index contributed by atoms with van der Waals surface area (Å²) in [7, 11) is 1.59. The smallest absolute Gasteiger partial charge is 0.338 e. The van der Waals surface area contributed by atoms with Crippen LogP contribution >= 0.6 is 0 Å². The number of benzene rings is 3. The van der Waals surface area contributed by atoms with Crippen molar-refractivity contribution < 1.29 is 23.9 Å². The highest BCUT2D eigenvalue weighted by Crippen LogP contribution is 2.32. The van der Waals surface area contributed by atoms with E-state index in [4.69, 9.17) is 9.47 Å². The Morgan fingerprint density at radius 1 is 0.833 bits per heavy atom. The largest absolute Gasteiger partial charge is 0.460 e. The topological polar surface area (TPSA) is 84.9 Å². The van der Waals surface area contributed by atoms with Crippen LogP contribution in [0, 0.1) is 0 Å². The first kappa shape index (κ1) is 25.1. The zero-order chi connectivity index (χ0) is 25.3. The summed E-state index contributed by atoms with van der Waals surface area (Å²) in [6.45, 7) is 0.639. The molecular formula is C29H30N2O5. The van der Waals surface area contributed by atoms with Crippen molar-refractivity contribution in [3.8, 4) is 0 Å². The van der Waals surface area contributed by atoms with Gasteiger partial charge in [0.15, 0.2) is 0 Å². The van der Waals surface area contributed by atoms with Crippen molar-refractivity contribution in [2.24, 2.45) is 0 Å². The third-order valence-corrected chi connectivity index (χ3v) is 6.39. The number of hydrogen-bond donors (Lipinski definition) is 1. The Balaban J connectivity index is 1.57. The molecule has 0 saturated carbocycles. The predicted octanol–water partition coefficient (Wildman–Crippen LogP) is 3.85. The lowest BCUT2D eigenvalue weighted by Crippen LogP contribution is -2.43. The maximum absolute atomic E-state index is 12.9. The molecule has 3 atom stereocenters. The molecule has 1 aliphatic rings. The second-order valence-corrected chi connectivity index (χ2v) is 8.77. The molecule has 36 heavy (non-hydrogen) atoms. The molecule has 0 bridgehead atoms. The van der Waals surface area contributed by atoms with Crippen LogP contribution in [0.3, 0.4) is 0 Å². The lowest BCUT2D eigenvalue weighted by atomic mass is 10.1. The molecule has 1 amide bonds. The summed E-state index contributed by atoms with van der Waals surface area (Å²) in [5.41, 5.74) is 1.97. The van der Waals surface area contributed by atoms with Crippen LogP contribution in [0.2, 0.25) is 0 Å².